The molecule has 9 heteroatoms. The molecule has 0 bridgehead atoms. The molecule has 1 heterocycles. The number of aliphatic imine (C=N–C) groups is 1. The summed E-state index contributed by atoms with van der Waals surface area (Å²) in [4.78, 5) is 27.8. The normalized spacial score (nSPS) is 16.6. The smallest absolute Gasteiger partial charge is 0.264 e. The summed E-state index contributed by atoms with van der Waals surface area (Å²) in [5, 5.41) is 4.04. The maximum Gasteiger partial charge on any atom is 0.264 e. The van der Waals surface area contributed by atoms with Crippen LogP contribution >= 0.6 is 35.0 Å². The number of hydrogen-bond donors (Lipinski definition) is 2. The molecule has 1 saturated heterocycles. The van der Waals surface area contributed by atoms with Crippen LogP contribution in [0.15, 0.2) is 52.4 Å². The van der Waals surface area contributed by atoms with Crippen LogP contribution in [0.2, 0.25) is 10.0 Å². The fourth-order valence-corrected chi connectivity index (χ4v) is 3.44. The Morgan fingerprint density at radius 2 is 2.07 bits per heavy atom. The predicted molar refractivity (Wildman–Crippen MR) is 108 cm³/mol. The Morgan fingerprint density at radius 1 is 1.26 bits per heavy atom. The monoisotopic (exact) mass is 421 g/mol. The molecule has 6 nitrogen and oxygen atoms in total. The minimum atomic E-state index is -0.595. The molecule has 0 atom stereocenters. The van der Waals surface area contributed by atoms with Crippen LogP contribution < -0.4 is 15.8 Å². The van der Waals surface area contributed by atoms with E-state index in [2.05, 4.69) is 10.3 Å². The topological polar surface area (TPSA) is 93.8 Å². The lowest BCUT2D eigenvalue weighted by molar-refractivity contribution is -0.120. The standard InChI is InChI=1S/C18H13Cl2N3O3S/c19-11-2-1-3-12(8-11)22-18-23-17(25)15(27-18)7-10-4-5-14(13(20)6-10)26-9-16(21)24/h1-8H,9H2,(H2,21,24)(H,22,23,25). The van der Waals surface area contributed by atoms with E-state index in [0.717, 1.165) is 0 Å². The molecule has 3 N–H and O–H groups in total. The maximum absolute atomic E-state index is 12.2. The van der Waals surface area contributed by atoms with Gasteiger partial charge in [-0.15, -0.1) is 0 Å². The molecule has 1 aliphatic rings. The number of nitrogens with two attached hydrogens (primary N) is 1. The van der Waals surface area contributed by atoms with Crippen LogP contribution in [0, 0.1) is 0 Å². The molecule has 2 aromatic carbocycles. The van der Waals surface area contributed by atoms with Gasteiger partial charge in [-0.05, 0) is 53.7 Å². The number of nitrogens with zero attached hydrogens (tertiary/aromatic N) is 1. The van der Waals surface area contributed by atoms with Gasteiger partial charge in [0.1, 0.15) is 5.75 Å². The number of ether oxygens (including phenoxy) is 1. The lowest BCUT2D eigenvalue weighted by Gasteiger charge is -2.06. The summed E-state index contributed by atoms with van der Waals surface area (Å²) in [6, 6.07) is 12.0. The number of halogens is 2. The predicted octanol–water partition coefficient (Wildman–Crippen LogP) is 3.75. The first kappa shape index (κ1) is 19.3. The van der Waals surface area contributed by atoms with Crippen molar-refractivity contribution in [3.8, 4) is 5.75 Å². The molecule has 27 heavy (non-hydrogen) atoms. The van der Waals surface area contributed by atoms with Crippen LogP contribution in [0.3, 0.4) is 0 Å². The van der Waals surface area contributed by atoms with E-state index in [0.29, 0.717) is 37.1 Å². The molecule has 3 rings (SSSR count). The first-order chi connectivity index (χ1) is 12.9. The van der Waals surface area contributed by atoms with Gasteiger partial charge in [0.15, 0.2) is 11.8 Å². The van der Waals surface area contributed by atoms with Crippen LogP contribution in [0.1, 0.15) is 5.56 Å². The largest absolute Gasteiger partial charge is 0.482 e. The second-order valence-electron chi connectivity index (χ2n) is 5.41. The van der Waals surface area contributed by atoms with Crippen molar-refractivity contribution < 1.29 is 14.3 Å². The van der Waals surface area contributed by atoms with Crippen molar-refractivity contribution in [2.75, 3.05) is 6.61 Å². The maximum atomic E-state index is 12.2. The van der Waals surface area contributed by atoms with Crippen LogP contribution in [-0.2, 0) is 9.59 Å². The van der Waals surface area contributed by atoms with Gasteiger partial charge in [-0.2, -0.15) is 0 Å². The quantitative estimate of drug-likeness (QED) is 0.718. The molecule has 0 spiro atoms. The molecule has 0 aliphatic carbocycles. The third-order valence-electron chi connectivity index (χ3n) is 3.31. The molecule has 2 amide bonds. The van der Waals surface area contributed by atoms with E-state index in [1.807, 2.05) is 0 Å². The Balaban J connectivity index is 1.76. The Morgan fingerprint density at radius 3 is 2.78 bits per heavy atom. The molecule has 1 fully saturated rings. The van der Waals surface area contributed by atoms with E-state index in [1.54, 1.807) is 48.5 Å². The van der Waals surface area contributed by atoms with Crippen LogP contribution in [-0.4, -0.2) is 23.6 Å². The molecule has 0 saturated carbocycles. The average molecular weight is 422 g/mol. The Hall–Kier alpha value is -2.48. The number of nitrogens with one attached hydrogen (secondary N) is 1. The number of benzene rings is 2. The fraction of sp³-hybridized carbons (Fsp3) is 0.0556. The first-order valence-electron chi connectivity index (χ1n) is 7.66. The summed E-state index contributed by atoms with van der Waals surface area (Å²) in [5.41, 5.74) is 6.38. The van der Waals surface area contributed by atoms with Crippen molar-refractivity contribution in [1.82, 2.24) is 5.32 Å². The summed E-state index contributed by atoms with van der Waals surface area (Å²) < 4.78 is 5.20. The van der Waals surface area contributed by atoms with Crippen molar-refractivity contribution in [1.29, 1.82) is 0 Å². The van der Waals surface area contributed by atoms with E-state index in [-0.39, 0.29) is 12.5 Å². The highest BCUT2D eigenvalue weighted by atomic mass is 35.5. The van der Waals surface area contributed by atoms with E-state index >= 15 is 0 Å². The highest BCUT2D eigenvalue weighted by Gasteiger charge is 2.24. The van der Waals surface area contributed by atoms with Crippen molar-refractivity contribution >= 4 is 63.7 Å². The van der Waals surface area contributed by atoms with Gasteiger partial charge < -0.3 is 15.8 Å². The first-order valence-corrected chi connectivity index (χ1v) is 9.24. The summed E-state index contributed by atoms with van der Waals surface area (Å²) in [6.07, 6.45) is 1.68. The molecular weight excluding hydrogens is 409 g/mol. The number of amides is 2. The second kappa shape index (κ2) is 8.47. The highest BCUT2D eigenvalue weighted by molar-refractivity contribution is 8.18. The third kappa shape index (κ3) is 5.26. The molecule has 0 aromatic heterocycles. The van der Waals surface area contributed by atoms with Crippen molar-refractivity contribution in [3.05, 3.63) is 63.0 Å². The number of rotatable bonds is 5. The third-order valence-corrected chi connectivity index (χ3v) is 4.75. The lowest BCUT2D eigenvalue weighted by Crippen LogP contribution is -2.20. The van der Waals surface area contributed by atoms with Crippen molar-refractivity contribution in [2.45, 2.75) is 0 Å². The zero-order valence-corrected chi connectivity index (χ0v) is 16.1. The van der Waals surface area contributed by atoms with E-state index < -0.39 is 5.91 Å². The lowest BCUT2D eigenvalue weighted by atomic mass is 10.2. The molecule has 0 unspecified atom stereocenters. The van der Waals surface area contributed by atoms with Gasteiger partial charge in [0.25, 0.3) is 11.8 Å². The number of amidine groups is 1. The SMILES string of the molecule is NC(=O)COc1ccc(C=C2SC(=Nc3cccc(Cl)c3)NC2=O)cc1Cl. The number of primary amides is 1. The van der Waals surface area contributed by atoms with Crippen LogP contribution in [0.5, 0.6) is 5.75 Å². The summed E-state index contributed by atoms with van der Waals surface area (Å²) in [5.74, 6) is -0.516. The number of carbonyl (C=O) groups is 2. The van der Waals surface area contributed by atoms with Crippen molar-refractivity contribution in [3.63, 3.8) is 0 Å². The average Bonchev–Trinajstić information content (AvgIpc) is 2.93. The number of thioether (sulfide) groups is 1. The zero-order valence-electron chi connectivity index (χ0n) is 13.7. The van der Waals surface area contributed by atoms with Gasteiger partial charge in [-0.3, -0.25) is 9.59 Å². The van der Waals surface area contributed by atoms with E-state index in [9.17, 15) is 9.59 Å². The van der Waals surface area contributed by atoms with Gasteiger partial charge >= 0.3 is 0 Å². The van der Waals surface area contributed by atoms with Gasteiger partial charge in [-0.25, -0.2) is 4.99 Å². The summed E-state index contributed by atoms with van der Waals surface area (Å²) >= 11 is 13.3. The van der Waals surface area contributed by atoms with E-state index in [4.69, 9.17) is 33.7 Å². The minimum absolute atomic E-state index is 0.258. The van der Waals surface area contributed by atoms with Crippen molar-refractivity contribution in [2.24, 2.45) is 10.7 Å². The second-order valence-corrected chi connectivity index (χ2v) is 7.28. The zero-order chi connectivity index (χ0) is 19.4. The van der Waals surface area contributed by atoms with Crippen LogP contribution in [0.25, 0.3) is 6.08 Å². The Labute approximate surface area is 169 Å². The Bertz CT molecular complexity index is 976. The molecular formula is C18H13Cl2N3O3S. The highest BCUT2D eigenvalue weighted by Crippen LogP contribution is 2.31. The van der Waals surface area contributed by atoms with E-state index in [1.165, 1.54) is 11.8 Å². The van der Waals surface area contributed by atoms with Gasteiger partial charge in [-0.1, -0.05) is 35.3 Å². The molecule has 138 valence electrons. The Kier molecular flexibility index (Phi) is 6.05. The molecule has 1 aliphatic heterocycles. The molecule has 2 aromatic rings. The van der Waals surface area contributed by atoms with Crippen LogP contribution in [0.4, 0.5) is 5.69 Å². The summed E-state index contributed by atoms with van der Waals surface area (Å²) in [6.45, 7) is -0.262. The van der Waals surface area contributed by atoms with Gasteiger partial charge in [0, 0.05) is 5.02 Å². The molecule has 0 radical (unpaired) electrons. The van der Waals surface area contributed by atoms with Gasteiger partial charge in [0.2, 0.25) is 0 Å². The fourth-order valence-electron chi connectivity index (χ4n) is 2.17. The number of hydrogen-bond acceptors (Lipinski definition) is 5. The minimum Gasteiger partial charge on any atom is -0.482 e. The van der Waals surface area contributed by atoms with Gasteiger partial charge in [0.05, 0.1) is 15.6 Å². The summed E-state index contributed by atoms with van der Waals surface area (Å²) in [7, 11) is 0. The number of carbonyl (C=O) groups excluding carboxylic acids is 2.